The molecule has 3 rings (SSSR count). The van der Waals surface area contributed by atoms with E-state index in [4.69, 9.17) is 17.4 Å². The summed E-state index contributed by atoms with van der Waals surface area (Å²) in [5, 5.41) is 1.53. The molecule has 1 unspecified atom stereocenters. The van der Waals surface area contributed by atoms with Gasteiger partial charge in [0, 0.05) is 17.8 Å². The zero-order valence-corrected chi connectivity index (χ0v) is 11.4. The lowest BCUT2D eigenvalue weighted by Crippen LogP contribution is -2.29. The lowest BCUT2D eigenvalue weighted by atomic mass is 9.97. The van der Waals surface area contributed by atoms with Gasteiger partial charge in [-0.25, -0.2) is 10.4 Å². The van der Waals surface area contributed by atoms with Crippen LogP contribution in [0.15, 0.2) is 54.9 Å². The third-order valence-corrected chi connectivity index (χ3v) is 3.46. The van der Waals surface area contributed by atoms with E-state index in [1.54, 1.807) is 18.5 Å². The van der Waals surface area contributed by atoms with Gasteiger partial charge in [0.1, 0.15) is 5.15 Å². The predicted molar refractivity (Wildman–Crippen MR) is 80.2 cm³/mol. The largest absolute Gasteiger partial charge is 0.271 e. The van der Waals surface area contributed by atoms with Crippen molar-refractivity contribution in [3.05, 3.63) is 71.1 Å². The van der Waals surface area contributed by atoms with E-state index in [1.165, 1.54) is 0 Å². The number of rotatable bonds is 3. The molecule has 0 fully saturated rings. The molecule has 0 amide bonds. The summed E-state index contributed by atoms with van der Waals surface area (Å²) in [6, 6.07) is 13.4. The van der Waals surface area contributed by atoms with Crippen LogP contribution in [0.1, 0.15) is 17.2 Å². The topological polar surface area (TPSA) is 63.8 Å². The van der Waals surface area contributed by atoms with Crippen molar-refractivity contribution >= 4 is 22.5 Å². The molecule has 2 aromatic heterocycles. The Kier molecular flexibility index (Phi) is 3.60. The van der Waals surface area contributed by atoms with Gasteiger partial charge in [0.2, 0.25) is 0 Å². The van der Waals surface area contributed by atoms with Gasteiger partial charge in [-0.3, -0.25) is 10.8 Å². The number of halogens is 1. The van der Waals surface area contributed by atoms with Gasteiger partial charge in [-0.05, 0) is 29.3 Å². The van der Waals surface area contributed by atoms with E-state index in [-0.39, 0.29) is 6.04 Å². The number of hydrogen-bond acceptors (Lipinski definition) is 4. The number of pyridine rings is 2. The van der Waals surface area contributed by atoms with Crippen LogP contribution in [0.3, 0.4) is 0 Å². The van der Waals surface area contributed by atoms with E-state index in [2.05, 4.69) is 15.4 Å². The number of hydrogen-bond donors (Lipinski definition) is 2. The van der Waals surface area contributed by atoms with Crippen molar-refractivity contribution in [1.29, 1.82) is 0 Å². The van der Waals surface area contributed by atoms with Gasteiger partial charge >= 0.3 is 0 Å². The zero-order chi connectivity index (χ0) is 13.9. The number of benzene rings is 1. The van der Waals surface area contributed by atoms with Crippen LogP contribution in [0.4, 0.5) is 0 Å². The summed E-state index contributed by atoms with van der Waals surface area (Å²) in [6.45, 7) is 0. The number of nitrogens with one attached hydrogen (secondary N) is 1. The van der Waals surface area contributed by atoms with Gasteiger partial charge < -0.3 is 0 Å². The summed E-state index contributed by atoms with van der Waals surface area (Å²) in [5.41, 5.74) is 5.78. The van der Waals surface area contributed by atoms with E-state index in [1.807, 2.05) is 36.4 Å². The van der Waals surface area contributed by atoms with Crippen LogP contribution >= 0.6 is 11.6 Å². The lowest BCUT2D eigenvalue weighted by molar-refractivity contribution is 0.638. The standard InChI is InChI=1S/C15H13ClN4/c16-14-7-6-10(9-19-14)15(20-17)12-3-1-5-13-11(12)4-2-8-18-13/h1-9,15,20H,17H2. The molecular weight excluding hydrogens is 272 g/mol. The lowest BCUT2D eigenvalue weighted by Gasteiger charge is -2.18. The van der Waals surface area contributed by atoms with Gasteiger partial charge in [-0.1, -0.05) is 35.9 Å². The third-order valence-electron chi connectivity index (χ3n) is 3.24. The molecule has 0 bridgehead atoms. The van der Waals surface area contributed by atoms with Crippen molar-refractivity contribution in [2.45, 2.75) is 6.04 Å². The molecule has 0 radical (unpaired) electrons. The number of nitrogens with zero attached hydrogens (tertiary/aromatic N) is 2. The van der Waals surface area contributed by atoms with Crippen molar-refractivity contribution in [1.82, 2.24) is 15.4 Å². The van der Waals surface area contributed by atoms with Crippen LogP contribution in [0.25, 0.3) is 10.9 Å². The molecule has 0 aliphatic carbocycles. The minimum atomic E-state index is -0.160. The molecule has 0 spiro atoms. The normalized spacial score (nSPS) is 12.5. The van der Waals surface area contributed by atoms with Crippen LogP contribution in [0.5, 0.6) is 0 Å². The molecular formula is C15H13ClN4. The summed E-state index contributed by atoms with van der Waals surface area (Å²) >= 11 is 5.83. The molecule has 5 heteroatoms. The fraction of sp³-hybridized carbons (Fsp3) is 0.0667. The van der Waals surface area contributed by atoms with Crippen LogP contribution in [-0.4, -0.2) is 9.97 Å². The van der Waals surface area contributed by atoms with E-state index >= 15 is 0 Å². The first kappa shape index (κ1) is 13.0. The molecule has 0 aliphatic rings. The second-order valence-electron chi connectivity index (χ2n) is 4.43. The van der Waals surface area contributed by atoms with Crippen LogP contribution in [-0.2, 0) is 0 Å². The molecule has 3 aromatic rings. The molecule has 4 nitrogen and oxygen atoms in total. The van der Waals surface area contributed by atoms with Crippen LogP contribution in [0.2, 0.25) is 5.15 Å². The maximum Gasteiger partial charge on any atom is 0.129 e. The third kappa shape index (κ3) is 2.36. The number of aromatic nitrogens is 2. The molecule has 0 aliphatic heterocycles. The number of fused-ring (bicyclic) bond motifs is 1. The van der Waals surface area contributed by atoms with Crippen molar-refractivity contribution in [2.75, 3.05) is 0 Å². The number of hydrazine groups is 1. The van der Waals surface area contributed by atoms with Gasteiger partial charge in [-0.15, -0.1) is 0 Å². The Morgan fingerprint density at radius 1 is 1.05 bits per heavy atom. The fourth-order valence-electron chi connectivity index (χ4n) is 2.30. The molecule has 0 saturated carbocycles. The average molecular weight is 285 g/mol. The first-order chi connectivity index (χ1) is 9.79. The van der Waals surface area contributed by atoms with Crippen molar-refractivity contribution in [3.63, 3.8) is 0 Å². The minimum absolute atomic E-state index is 0.160. The van der Waals surface area contributed by atoms with Crippen LogP contribution in [0, 0.1) is 0 Å². The molecule has 1 aromatic carbocycles. The molecule has 0 saturated heterocycles. The first-order valence-corrected chi connectivity index (χ1v) is 6.58. The van der Waals surface area contributed by atoms with Gasteiger partial charge in [0.15, 0.2) is 0 Å². The molecule has 100 valence electrons. The maximum absolute atomic E-state index is 5.83. The second-order valence-corrected chi connectivity index (χ2v) is 4.82. The van der Waals surface area contributed by atoms with Crippen molar-refractivity contribution in [3.8, 4) is 0 Å². The SMILES string of the molecule is NNC(c1ccc(Cl)nc1)c1cccc2ncccc12. The molecule has 20 heavy (non-hydrogen) atoms. The zero-order valence-electron chi connectivity index (χ0n) is 10.6. The Bertz CT molecular complexity index is 722. The first-order valence-electron chi connectivity index (χ1n) is 6.21. The van der Waals surface area contributed by atoms with Crippen molar-refractivity contribution in [2.24, 2.45) is 5.84 Å². The summed E-state index contributed by atoms with van der Waals surface area (Å²) in [4.78, 5) is 8.47. The molecule has 3 N–H and O–H groups in total. The highest BCUT2D eigenvalue weighted by Crippen LogP contribution is 2.27. The van der Waals surface area contributed by atoms with Crippen molar-refractivity contribution < 1.29 is 0 Å². The van der Waals surface area contributed by atoms with E-state index < -0.39 is 0 Å². The molecule has 1 atom stereocenters. The van der Waals surface area contributed by atoms with E-state index in [0.29, 0.717) is 5.15 Å². The van der Waals surface area contributed by atoms with Crippen LogP contribution < -0.4 is 11.3 Å². The Morgan fingerprint density at radius 2 is 1.95 bits per heavy atom. The monoisotopic (exact) mass is 284 g/mol. The smallest absolute Gasteiger partial charge is 0.129 e. The fourth-order valence-corrected chi connectivity index (χ4v) is 2.41. The van der Waals surface area contributed by atoms with E-state index in [0.717, 1.165) is 22.0 Å². The summed E-state index contributed by atoms with van der Waals surface area (Å²) < 4.78 is 0. The predicted octanol–water partition coefficient (Wildman–Crippen LogP) is 2.84. The summed E-state index contributed by atoms with van der Waals surface area (Å²) in [6.07, 6.45) is 3.50. The quantitative estimate of drug-likeness (QED) is 0.441. The second kappa shape index (κ2) is 5.54. The summed E-state index contributed by atoms with van der Waals surface area (Å²) in [7, 11) is 0. The highest BCUT2D eigenvalue weighted by molar-refractivity contribution is 6.29. The summed E-state index contributed by atoms with van der Waals surface area (Å²) in [5.74, 6) is 5.73. The Morgan fingerprint density at radius 3 is 2.70 bits per heavy atom. The van der Waals surface area contributed by atoms with Gasteiger partial charge in [-0.2, -0.15) is 0 Å². The Labute approximate surface area is 121 Å². The highest BCUT2D eigenvalue weighted by atomic mass is 35.5. The van der Waals surface area contributed by atoms with Gasteiger partial charge in [0.25, 0.3) is 0 Å². The average Bonchev–Trinajstić information content (AvgIpc) is 2.50. The van der Waals surface area contributed by atoms with Gasteiger partial charge in [0.05, 0.1) is 11.6 Å². The maximum atomic E-state index is 5.83. The number of nitrogens with two attached hydrogens (primary N) is 1. The molecule has 2 heterocycles. The Hall–Kier alpha value is -2.01. The van der Waals surface area contributed by atoms with E-state index in [9.17, 15) is 0 Å². The Balaban J connectivity index is 2.14. The highest BCUT2D eigenvalue weighted by Gasteiger charge is 2.15. The minimum Gasteiger partial charge on any atom is -0.271 e.